The molecule has 1 saturated carbocycles. The molecule has 102 valence electrons. The second kappa shape index (κ2) is 4.75. The maximum absolute atomic E-state index is 13.3. The maximum atomic E-state index is 13.3. The number of hydrogen-bond donors (Lipinski definition) is 1. The highest BCUT2D eigenvalue weighted by molar-refractivity contribution is 7.71. The Kier molecular flexibility index (Phi) is 3.21. The van der Waals surface area contributed by atoms with Gasteiger partial charge in [0.25, 0.3) is 0 Å². The molecule has 3 atom stereocenters. The van der Waals surface area contributed by atoms with Crippen molar-refractivity contribution in [1.82, 2.24) is 9.55 Å². The van der Waals surface area contributed by atoms with E-state index in [1.54, 1.807) is 0 Å². The monoisotopic (exact) mass is 278 g/mol. The van der Waals surface area contributed by atoms with Crippen LogP contribution in [0.3, 0.4) is 0 Å². The molecule has 1 aliphatic rings. The van der Waals surface area contributed by atoms with E-state index >= 15 is 0 Å². The Morgan fingerprint density at radius 3 is 2.84 bits per heavy atom. The van der Waals surface area contributed by atoms with Gasteiger partial charge in [-0.1, -0.05) is 13.8 Å². The third-order valence-corrected chi connectivity index (χ3v) is 4.70. The molecule has 2 aromatic rings. The molecule has 1 N–H and O–H groups in total. The molecule has 1 aromatic heterocycles. The van der Waals surface area contributed by atoms with Gasteiger partial charge in [0.1, 0.15) is 5.82 Å². The van der Waals surface area contributed by atoms with Gasteiger partial charge in [-0.2, -0.15) is 0 Å². The SMILES string of the molecule is CC1CCC(n2c(=S)[nH]c3cc(F)ccc32)C(C)C1. The number of imidazole rings is 1. The number of nitrogens with zero attached hydrogens (tertiary/aromatic N) is 1. The third-order valence-electron chi connectivity index (χ3n) is 4.40. The van der Waals surface area contributed by atoms with Gasteiger partial charge in [-0.15, -0.1) is 0 Å². The summed E-state index contributed by atoms with van der Waals surface area (Å²) in [5.41, 5.74) is 1.83. The van der Waals surface area contributed by atoms with Crippen LogP contribution in [0.15, 0.2) is 18.2 Å². The van der Waals surface area contributed by atoms with Gasteiger partial charge in [0.2, 0.25) is 0 Å². The standard InChI is InChI=1S/C15H19FN2S/c1-9-3-5-13(10(2)7-9)18-14-6-4-11(16)8-12(14)17-15(18)19/h4,6,8-10,13H,3,5,7H2,1-2H3,(H,17,19). The minimum Gasteiger partial charge on any atom is -0.330 e. The lowest BCUT2D eigenvalue weighted by atomic mass is 9.79. The fourth-order valence-corrected chi connectivity index (χ4v) is 3.81. The second-order valence-electron chi connectivity index (χ2n) is 5.92. The van der Waals surface area contributed by atoms with E-state index in [4.69, 9.17) is 12.2 Å². The van der Waals surface area contributed by atoms with Crippen molar-refractivity contribution < 1.29 is 4.39 Å². The molecule has 0 aliphatic heterocycles. The van der Waals surface area contributed by atoms with Crippen LogP contribution in [0.4, 0.5) is 4.39 Å². The van der Waals surface area contributed by atoms with E-state index in [0.29, 0.717) is 16.7 Å². The molecule has 3 unspecified atom stereocenters. The van der Waals surface area contributed by atoms with E-state index in [-0.39, 0.29) is 5.82 Å². The molecule has 0 amide bonds. The summed E-state index contributed by atoms with van der Waals surface area (Å²) in [7, 11) is 0. The predicted octanol–water partition coefficient (Wildman–Crippen LogP) is 4.84. The zero-order valence-electron chi connectivity index (χ0n) is 11.3. The first-order valence-electron chi connectivity index (χ1n) is 6.96. The predicted molar refractivity (Wildman–Crippen MR) is 78.3 cm³/mol. The summed E-state index contributed by atoms with van der Waals surface area (Å²) in [6, 6.07) is 5.31. The lowest BCUT2D eigenvalue weighted by molar-refractivity contribution is 0.210. The molecule has 4 heteroatoms. The van der Waals surface area contributed by atoms with Crippen LogP contribution in [0.25, 0.3) is 11.0 Å². The Morgan fingerprint density at radius 1 is 1.32 bits per heavy atom. The van der Waals surface area contributed by atoms with Crippen molar-refractivity contribution in [1.29, 1.82) is 0 Å². The highest BCUT2D eigenvalue weighted by atomic mass is 32.1. The molecule has 0 radical (unpaired) electrons. The first-order chi connectivity index (χ1) is 9.06. The summed E-state index contributed by atoms with van der Waals surface area (Å²) in [4.78, 5) is 3.13. The van der Waals surface area contributed by atoms with Gasteiger partial charge in [-0.3, -0.25) is 0 Å². The average molecular weight is 278 g/mol. The summed E-state index contributed by atoms with van der Waals surface area (Å²) in [6.45, 7) is 4.61. The maximum Gasteiger partial charge on any atom is 0.178 e. The van der Waals surface area contributed by atoms with E-state index in [9.17, 15) is 4.39 Å². The van der Waals surface area contributed by atoms with Gasteiger partial charge in [-0.05, 0) is 61.5 Å². The van der Waals surface area contributed by atoms with Crippen molar-refractivity contribution in [2.45, 2.75) is 39.2 Å². The Bertz CT molecular complexity index is 658. The van der Waals surface area contributed by atoms with Crippen molar-refractivity contribution in [3.8, 4) is 0 Å². The Labute approximate surface area is 117 Å². The number of H-pyrrole nitrogens is 1. The van der Waals surface area contributed by atoms with Crippen molar-refractivity contribution in [2.75, 3.05) is 0 Å². The van der Waals surface area contributed by atoms with Crippen LogP contribution >= 0.6 is 12.2 Å². The summed E-state index contributed by atoms with van der Waals surface area (Å²) in [5, 5.41) is 0. The van der Waals surface area contributed by atoms with E-state index in [1.165, 1.54) is 25.0 Å². The molecular weight excluding hydrogens is 259 g/mol. The van der Waals surface area contributed by atoms with Gasteiger partial charge < -0.3 is 9.55 Å². The minimum absolute atomic E-state index is 0.221. The van der Waals surface area contributed by atoms with E-state index in [0.717, 1.165) is 23.4 Å². The molecular formula is C15H19FN2S. The van der Waals surface area contributed by atoms with Crippen LogP contribution in [0.5, 0.6) is 0 Å². The van der Waals surface area contributed by atoms with Gasteiger partial charge in [0, 0.05) is 6.04 Å². The summed E-state index contributed by atoms with van der Waals surface area (Å²) in [5.74, 6) is 1.18. The van der Waals surface area contributed by atoms with Crippen LogP contribution in [-0.4, -0.2) is 9.55 Å². The first kappa shape index (κ1) is 12.9. The molecule has 3 rings (SSSR count). The molecule has 1 fully saturated rings. The second-order valence-corrected chi connectivity index (χ2v) is 6.31. The fourth-order valence-electron chi connectivity index (χ4n) is 3.47. The molecule has 1 aromatic carbocycles. The molecule has 0 spiro atoms. The van der Waals surface area contributed by atoms with Gasteiger partial charge >= 0.3 is 0 Å². The number of rotatable bonds is 1. The Hall–Kier alpha value is -1.16. The molecule has 0 bridgehead atoms. The molecule has 1 aliphatic carbocycles. The number of fused-ring (bicyclic) bond motifs is 1. The highest BCUT2D eigenvalue weighted by Gasteiger charge is 2.28. The van der Waals surface area contributed by atoms with Crippen molar-refractivity contribution >= 4 is 23.3 Å². The quantitative estimate of drug-likeness (QED) is 0.741. The van der Waals surface area contributed by atoms with Crippen LogP contribution in [0.1, 0.15) is 39.2 Å². The highest BCUT2D eigenvalue weighted by Crippen LogP contribution is 2.38. The number of benzene rings is 1. The van der Waals surface area contributed by atoms with E-state index < -0.39 is 0 Å². The van der Waals surface area contributed by atoms with Crippen molar-refractivity contribution in [3.63, 3.8) is 0 Å². The van der Waals surface area contributed by atoms with E-state index in [2.05, 4.69) is 23.4 Å². The fraction of sp³-hybridized carbons (Fsp3) is 0.533. The normalized spacial score (nSPS) is 27.8. The average Bonchev–Trinajstić information content (AvgIpc) is 2.65. The smallest absolute Gasteiger partial charge is 0.178 e. The van der Waals surface area contributed by atoms with Gasteiger partial charge in [0.15, 0.2) is 4.77 Å². The van der Waals surface area contributed by atoms with Crippen LogP contribution in [-0.2, 0) is 0 Å². The number of nitrogens with one attached hydrogen (secondary N) is 1. The zero-order valence-corrected chi connectivity index (χ0v) is 12.1. The molecule has 0 saturated heterocycles. The van der Waals surface area contributed by atoms with Gasteiger partial charge in [0.05, 0.1) is 11.0 Å². The molecule has 1 heterocycles. The van der Waals surface area contributed by atoms with Crippen molar-refractivity contribution in [2.24, 2.45) is 11.8 Å². The zero-order chi connectivity index (χ0) is 13.6. The molecule has 2 nitrogen and oxygen atoms in total. The summed E-state index contributed by atoms with van der Waals surface area (Å²) < 4.78 is 16.2. The van der Waals surface area contributed by atoms with Crippen LogP contribution in [0, 0.1) is 22.4 Å². The number of hydrogen-bond acceptors (Lipinski definition) is 1. The largest absolute Gasteiger partial charge is 0.330 e. The lowest BCUT2D eigenvalue weighted by Crippen LogP contribution is -2.24. The van der Waals surface area contributed by atoms with Crippen molar-refractivity contribution in [3.05, 3.63) is 28.8 Å². The Balaban J connectivity index is 2.09. The third kappa shape index (κ3) is 2.22. The summed E-state index contributed by atoms with van der Waals surface area (Å²) >= 11 is 5.44. The number of aromatic amines is 1. The summed E-state index contributed by atoms with van der Waals surface area (Å²) in [6.07, 6.45) is 3.63. The Morgan fingerprint density at radius 2 is 2.11 bits per heavy atom. The number of aromatic nitrogens is 2. The molecule has 19 heavy (non-hydrogen) atoms. The van der Waals surface area contributed by atoms with E-state index in [1.807, 2.05) is 6.07 Å². The minimum atomic E-state index is -0.221. The van der Waals surface area contributed by atoms with Crippen LogP contribution in [0.2, 0.25) is 0 Å². The lowest BCUT2D eigenvalue weighted by Gasteiger charge is -2.33. The number of halogens is 1. The van der Waals surface area contributed by atoms with Crippen LogP contribution < -0.4 is 0 Å². The van der Waals surface area contributed by atoms with Gasteiger partial charge in [-0.25, -0.2) is 4.39 Å². The first-order valence-corrected chi connectivity index (χ1v) is 7.37. The topological polar surface area (TPSA) is 20.7 Å².